The molecule has 1 heterocycles. The molecule has 0 aromatic carbocycles. The van der Waals surface area contributed by atoms with Crippen LogP contribution in [0.3, 0.4) is 0 Å². The maximum absolute atomic E-state index is 11.8. The van der Waals surface area contributed by atoms with Gasteiger partial charge in [0.05, 0.1) is 8.66 Å². The van der Waals surface area contributed by atoms with Crippen molar-refractivity contribution >= 4 is 49.1 Å². The second kappa shape index (κ2) is 6.74. The van der Waals surface area contributed by atoms with E-state index in [0.717, 1.165) is 19.7 Å². The lowest BCUT2D eigenvalue weighted by molar-refractivity contribution is 0.0952. The molecule has 1 atom stereocenters. The zero-order valence-electron chi connectivity index (χ0n) is 9.14. The molecular formula is C10H14Br2N2OS. The van der Waals surface area contributed by atoms with Crippen LogP contribution in [0, 0.1) is 5.92 Å². The van der Waals surface area contributed by atoms with E-state index in [9.17, 15) is 4.79 Å². The van der Waals surface area contributed by atoms with Crippen molar-refractivity contribution in [2.45, 2.75) is 6.92 Å². The zero-order chi connectivity index (χ0) is 12.1. The Hall–Kier alpha value is 0.0900. The summed E-state index contributed by atoms with van der Waals surface area (Å²) in [7, 11) is 1.91. The van der Waals surface area contributed by atoms with Gasteiger partial charge >= 0.3 is 0 Å². The first-order valence-electron chi connectivity index (χ1n) is 4.92. The van der Waals surface area contributed by atoms with Gasteiger partial charge in [0.25, 0.3) is 5.91 Å². The second-order valence-corrected chi connectivity index (χ2v) is 6.83. The van der Waals surface area contributed by atoms with Crippen molar-refractivity contribution in [3.8, 4) is 0 Å². The highest BCUT2D eigenvalue weighted by Crippen LogP contribution is 2.32. The average Bonchev–Trinajstić information content (AvgIpc) is 2.56. The lowest BCUT2D eigenvalue weighted by atomic mass is 10.2. The van der Waals surface area contributed by atoms with Gasteiger partial charge in [-0.3, -0.25) is 4.79 Å². The van der Waals surface area contributed by atoms with Crippen LogP contribution in [0.2, 0.25) is 0 Å². The number of nitrogens with one attached hydrogen (secondary N) is 2. The molecule has 0 saturated carbocycles. The van der Waals surface area contributed by atoms with Crippen LogP contribution in [0.25, 0.3) is 0 Å². The van der Waals surface area contributed by atoms with Crippen molar-refractivity contribution in [2.24, 2.45) is 5.92 Å². The maximum Gasteiger partial charge on any atom is 0.261 e. The molecule has 0 radical (unpaired) electrons. The fourth-order valence-corrected chi connectivity index (χ4v) is 3.19. The molecule has 0 aliphatic heterocycles. The summed E-state index contributed by atoms with van der Waals surface area (Å²) in [5, 5.41) is 5.99. The average molecular weight is 370 g/mol. The van der Waals surface area contributed by atoms with E-state index in [2.05, 4.69) is 49.4 Å². The molecule has 0 fully saturated rings. The first kappa shape index (κ1) is 14.2. The Kier molecular flexibility index (Phi) is 5.96. The van der Waals surface area contributed by atoms with Gasteiger partial charge in [0.2, 0.25) is 0 Å². The van der Waals surface area contributed by atoms with Crippen LogP contribution < -0.4 is 10.6 Å². The number of thiophene rings is 1. The van der Waals surface area contributed by atoms with Crippen molar-refractivity contribution in [3.05, 3.63) is 19.2 Å². The van der Waals surface area contributed by atoms with E-state index in [1.54, 1.807) is 0 Å². The summed E-state index contributed by atoms with van der Waals surface area (Å²) in [6, 6.07) is 1.83. The Labute approximate surface area is 116 Å². The van der Waals surface area contributed by atoms with Gasteiger partial charge in [0.1, 0.15) is 0 Å². The van der Waals surface area contributed by atoms with E-state index in [1.165, 1.54) is 11.3 Å². The smallest absolute Gasteiger partial charge is 0.261 e. The molecule has 0 bridgehead atoms. The molecule has 16 heavy (non-hydrogen) atoms. The third-order valence-electron chi connectivity index (χ3n) is 2.03. The fraction of sp³-hybridized carbons (Fsp3) is 0.500. The minimum atomic E-state index is -0.0145. The first-order chi connectivity index (χ1) is 7.54. The standard InChI is InChI=1S/C10H14Br2N2OS/c1-6(4-13-2)5-14-10(15)8-3-7(11)9(12)16-8/h3,6,13H,4-5H2,1-2H3,(H,14,15). The molecule has 1 rings (SSSR count). The van der Waals surface area contributed by atoms with Crippen LogP contribution in [0.5, 0.6) is 0 Å². The molecule has 90 valence electrons. The fourth-order valence-electron chi connectivity index (χ4n) is 1.23. The van der Waals surface area contributed by atoms with Crippen LogP contribution in [0.15, 0.2) is 14.3 Å². The van der Waals surface area contributed by atoms with Gasteiger partial charge in [0.15, 0.2) is 0 Å². The SMILES string of the molecule is CNCC(C)CNC(=O)c1cc(Br)c(Br)s1. The van der Waals surface area contributed by atoms with Crippen molar-refractivity contribution < 1.29 is 4.79 Å². The Morgan fingerprint density at radius 2 is 2.19 bits per heavy atom. The predicted molar refractivity (Wildman–Crippen MR) is 75.1 cm³/mol. The van der Waals surface area contributed by atoms with Gasteiger partial charge in [-0.25, -0.2) is 0 Å². The molecule has 6 heteroatoms. The Balaban J connectivity index is 2.46. The molecular weight excluding hydrogens is 356 g/mol. The molecule has 3 nitrogen and oxygen atoms in total. The third-order valence-corrected chi connectivity index (χ3v) is 5.29. The lowest BCUT2D eigenvalue weighted by Crippen LogP contribution is -2.31. The van der Waals surface area contributed by atoms with Crippen LogP contribution in [0.1, 0.15) is 16.6 Å². The first-order valence-corrected chi connectivity index (χ1v) is 7.32. The molecule has 0 aliphatic rings. The van der Waals surface area contributed by atoms with Crippen LogP contribution in [0.4, 0.5) is 0 Å². The zero-order valence-corrected chi connectivity index (χ0v) is 13.1. The van der Waals surface area contributed by atoms with E-state index in [0.29, 0.717) is 12.5 Å². The van der Waals surface area contributed by atoms with E-state index in [1.807, 2.05) is 13.1 Å². The maximum atomic E-state index is 11.8. The topological polar surface area (TPSA) is 41.1 Å². The van der Waals surface area contributed by atoms with E-state index >= 15 is 0 Å². The number of amides is 1. The Bertz CT molecular complexity index is 348. The van der Waals surface area contributed by atoms with Crippen LogP contribution >= 0.6 is 43.2 Å². The van der Waals surface area contributed by atoms with Crippen molar-refractivity contribution in [2.75, 3.05) is 20.1 Å². The van der Waals surface area contributed by atoms with E-state index < -0.39 is 0 Å². The quantitative estimate of drug-likeness (QED) is 0.837. The monoisotopic (exact) mass is 368 g/mol. The van der Waals surface area contributed by atoms with Gasteiger partial charge in [0, 0.05) is 11.0 Å². The molecule has 1 amide bonds. The molecule has 0 spiro atoms. The third kappa shape index (κ3) is 4.16. The molecule has 0 aliphatic carbocycles. The van der Waals surface area contributed by atoms with E-state index in [4.69, 9.17) is 0 Å². The van der Waals surface area contributed by atoms with Gasteiger partial charge in [-0.15, -0.1) is 11.3 Å². The number of carbonyl (C=O) groups excluding carboxylic acids is 1. The minimum Gasteiger partial charge on any atom is -0.351 e. The summed E-state index contributed by atoms with van der Waals surface area (Å²) in [6.45, 7) is 3.68. The van der Waals surface area contributed by atoms with Crippen molar-refractivity contribution in [1.29, 1.82) is 0 Å². The highest BCUT2D eigenvalue weighted by molar-refractivity contribution is 9.13. The number of hydrogen-bond acceptors (Lipinski definition) is 3. The molecule has 1 aromatic heterocycles. The highest BCUT2D eigenvalue weighted by atomic mass is 79.9. The minimum absolute atomic E-state index is 0.0145. The summed E-state index contributed by atoms with van der Waals surface area (Å²) in [4.78, 5) is 12.5. The summed E-state index contributed by atoms with van der Waals surface area (Å²) >= 11 is 8.16. The summed E-state index contributed by atoms with van der Waals surface area (Å²) < 4.78 is 1.87. The van der Waals surface area contributed by atoms with Gasteiger partial charge in [-0.2, -0.15) is 0 Å². The van der Waals surface area contributed by atoms with Crippen molar-refractivity contribution in [3.63, 3.8) is 0 Å². The number of rotatable bonds is 5. The summed E-state index contributed by atoms with van der Waals surface area (Å²) in [6.07, 6.45) is 0. The number of halogens is 2. The van der Waals surface area contributed by atoms with Crippen LogP contribution in [-0.4, -0.2) is 26.0 Å². The summed E-state index contributed by atoms with van der Waals surface area (Å²) in [5.74, 6) is 0.417. The number of hydrogen-bond donors (Lipinski definition) is 2. The molecule has 1 unspecified atom stereocenters. The van der Waals surface area contributed by atoms with Gasteiger partial charge in [-0.1, -0.05) is 6.92 Å². The van der Waals surface area contributed by atoms with Gasteiger partial charge in [-0.05, 0) is 57.4 Å². The normalized spacial score (nSPS) is 12.5. The van der Waals surface area contributed by atoms with E-state index in [-0.39, 0.29) is 5.91 Å². The highest BCUT2D eigenvalue weighted by Gasteiger charge is 2.12. The molecule has 2 N–H and O–H groups in total. The number of carbonyl (C=O) groups is 1. The Morgan fingerprint density at radius 3 is 2.69 bits per heavy atom. The molecule has 1 aromatic rings. The second-order valence-electron chi connectivity index (χ2n) is 3.61. The Morgan fingerprint density at radius 1 is 1.50 bits per heavy atom. The lowest BCUT2D eigenvalue weighted by Gasteiger charge is -2.10. The van der Waals surface area contributed by atoms with Crippen molar-refractivity contribution in [1.82, 2.24) is 10.6 Å². The largest absolute Gasteiger partial charge is 0.351 e. The molecule has 0 saturated heterocycles. The predicted octanol–water partition coefficient (Wildman–Crippen LogP) is 2.86. The van der Waals surface area contributed by atoms with Crippen LogP contribution in [-0.2, 0) is 0 Å². The summed E-state index contributed by atoms with van der Waals surface area (Å²) in [5.41, 5.74) is 0. The van der Waals surface area contributed by atoms with Gasteiger partial charge < -0.3 is 10.6 Å².